The lowest BCUT2D eigenvalue weighted by Crippen LogP contribution is -2.15. The van der Waals surface area contributed by atoms with Gasteiger partial charge in [-0.3, -0.25) is 4.79 Å². The van der Waals surface area contributed by atoms with Gasteiger partial charge in [0, 0.05) is 5.56 Å². The summed E-state index contributed by atoms with van der Waals surface area (Å²) in [7, 11) is 0. The highest BCUT2D eigenvalue weighted by Gasteiger charge is 2.35. The maximum absolute atomic E-state index is 12.9. The number of carboxylic acid groups (broad SMARTS) is 1. The minimum absolute atomic E-state index is 0.0206. The third kappa shape index (κ3) is 2.41. The molecular formula is C16H11F3O3. The molecule has 2 aromatic carbocycles. The molecule has 0 fully saturated rings. The van der Waals surface area contributed by atoms with E-state index in [4.69, 9.17) is 4.74 Å². The molecule has 0 amide bonds. The maximum Gasteiger partial charge on any atom is 0.416 e. The highest BCUT2D eigenvalue weighted by Crippen LogP contribution is 2.40. The van der Waals surface area contributed by atoms with E-state index in [1.54, 1.807) is 24.3 Å². The van der Waals surface area contributed by atoms with Crippen molar-refractivity contribution in [1.82, 2.24) is 0 Å². The van der Waals surface area contributed by atoms with E-state index < -0.39 is 23.6 Å². The zero-order chi connectivity index (χ0) is 15.9. The Morgan fingerprint density at radius 3 is 2.55 bits per heavy atom. The summed E-state index contributed by atoms with van der Waals surface area (Å²) in [4.78, 5) is 11.7. The quantitative estimate of drug-likeness (QED) is 0.871. The number of hydrogen-bond acceptors (Lipinski definition) is 2. The van der Waals surface area contributed by atoms with Crippen LogP contribution in [-0.2, 0) is 17.6 Å². The average molecular weight is 308 g/mol. The summed E-state index contributed by atoms with van der Waals surface area (Å²) in [6.07, 6.45) is -4.54. The molecule has 2 aromatic rings. The Balaban J connectivity index is 2.22. The fourth-order valence-electron chi connectivity index (χ4n) is 2.62. The standard InChI is InChI=1S/C16H11F3O3/c17-16(18,19)10-5-6-13-12(7-10)14(15(20)21)11-4-2-1-3-9(11)8-22-13/h1-7,14H,8H2,(H,20,21)/t14-/m0/s1. The first-order valence-electron chi connectivity index (χ1n) is 6.52. The van der Waals surface area contributed by atoms with Crippen molar-refractivity contribution in [2.24, 2.45) is 0 Å². The first-order chi connectivity index (χ1) is 10.4. The smallest absolute Gasteiger partial charge is 0.416 e. The molecule has 3 nitrogen and oxygen atoms in total. The van der Waals surface area contributed by atoms with E-state index in [2.05, 4.69) is 0 Å². The molecule has 0 spiro atoms. The summed E-state index contributed by atoms with van der Waals surface area (Å²) in [6.45, 7) is 0.123. The van der Waals surface area contributed by atoms with Crippen LogP contribution >= 0.6 is 0 Å². The van der Waals surface area contributed by atoms with Gasteiger partial charge in [-0.05, 0) is 29.3 Å². The number of benzene rings is 2. The van der Waals surface area contributed by atoms with Crippen LogP contribution in [0.5, 0.6) is 5.75 Å². The summed E-state index contributed by atoms with van der Waals surface area (Å²) in [5.41, 5.74) is 0.237. The lowest BCUT2D eigenvalue weighted by atomic mass is 9.88. The molecule has 0 aliphatic carbocycles. The third-order valence-electron chi connectivity index (χ3n) is 3.64. The van der Waals surface area contributed by atoms with Crippen molar-refractivity contribution >= 4 is 5.97 Å². The zero-order valence-electron chi connectivity index (χ0n) is 11.2. The predicted molar refractivity (Wildman–Crippen MR) is 71.7 cm³/mol. The van der Waals surface area contributed by atoms with Gasteiger partial charge in [-0.1, -0.05) is 24.3 Å². The van der Waals surface area contributed by atoms with Crippen LogP contribution in [0.15, 0.2) is 42.5 Å². The van der Waals surface area contributed by atoms with Gasteiger partial charge < -0.3 is 9.84 Å². The number of hydrogen-bond donors (Lipinski definition) is 1. The Bertz CT molecular complexity index is 738. The zero-order valence-corrected chi connectivity index (χ0v) is 11.2. The Kier molecular flexibility index (Phi) is 3.31. The number of fused-ring (bicyclic) bond motifs is 2. The van der Waals surface area contributed by atoms with E-state index in [-0.39, 0.29) is 17.9 Å². The van der Waals surface area contributed by atoms with Crippen LogP contribution < -0.4 is 4.74 Å². The van der Waals surface area contributed by atoms with Crippen molar-refractivity contribution < 1.29 is 27.8 Å². The second-order valence-corrected chi connectivity index (χ2v) is 5.01. The molecule has 1 atom stereocenters. The topological polar surface area (TPSA) is 46.5 Å². The van der Waals surface area contributed by atoms with E-state index in [1.165, 1.54) is 6.07 Å². The van der Waals surface area contributed by atoms with E-state index in [1.807, 2.05) is 0 Å². The van der Waals surface area contributed by atoms with E-state index in [0.717, 1.165) is 12.1 Å². The number of aliphatic carboxylic acids is 1. The van der Waals surface area contributed by atoms with Crippen LogP contribution in [0.25, 0.3) is 0 Å². The fourth-order valence-corrected chi connectivity index (χ4v) is 2.62. The van der Waals surface area contributed by atoms with Gasteiger partial charge >= 0.3 is 12.1 Å². The van der Waals surface area contributed by atoms with Crippen LogP contribution in [0.3, 0.4) is 0 Å². The summed E-state index contributed by atoms with van der Waals surface area (Å²) < 4.78 is 44.2. The van der Waals surface area contributed by atoms with Crippen LogP contribution in [-0.4, -0.2) is 11.1 Å². The van der Waals surface area contributed by atoms with E-state index in [0.29, 0.717) is 11.1 Å². The highest BCUT2D eigenvalue weighted by molar-refractivity contribution is 5.82. The number of rotatable bonds is 1. The molecule has 1 heterocycles. The minimum Gasteiger partial charge on any atom is -0.489 e. The van der Waals surface area contributed by atoms with Gasteiger partial charge in [0.15, 0.2) is 0 Å². The molecule has 1 aliphatic heterocycles. The monoisotopic (exact) mass is 308 g/mol. The summed E-state index contributed by atoms with van der Waals surface area (Å²) >= 11 is 0. The first-order valence-corrected chi connectivity index (χ1v) is 6.52. The van der Waals surface area contributed by atoms with Crippen molar-refractivity contribution in [3.63, 3.8) is 0 Å². The maximum atomic E-state index is 12.9. The first kappa shape index (κ1) is 14.4. The van der Waals surface area contributed by atoms with Crippen molar-refractivity contribution in [2.45, 2.75) is 18.7 Å². The average Bonchev–Trinajstić information content (AvgIpc) is 2.62. The van der Waals surface area contributed by atoms with Crippen LogP contribution in [0, 0.1) is 0 Å². The summed E-state index contributed by atoms with van der Waals surface area (Å²) in [5.74, 6) is -2.23. The van der Waals surface area contributed by atoms with Crippen molar-refractivity contribution in [3.05, 3.63) is 64.7 Å². The Morgan fingerprint density at radius 2 is 1.86 bits per heavy atom. The largest absolute Gasteiger partial charge is 0.489 e. The van der Waals surface area contributed by atoms with E-state index >= 15 is 0 Å². The third-order valence-corrected chi connectivity index (χ3v) is 3.64. The number of carbonyl (C=O) groups is 1. The Morgan fingerprint density at radius 1 is 1.14 bits per heavy atom. The van der Waals surface area contributed by atoms with Gasteiger partial charge in [-0.15, -0.1) is 0 Å². The molecule has 1 aliphatic rings. The molecule has 1 N–H and O–H groups in total. The molecule has 114 valence electrons. The molecule has 0 saturated heterocycles. The molecule has 0 unspecified atom stereocenters. The minimum atomic E-state index is -4.54. The second-order valence-electron chi connectivity index (χ2n) is 5.01. The van der Waals surface area contributed by atoms with Gasteiger partial charge in [-0.25, -0.2) is 0 Å². The van der Waals surface area contributed by atoms with Crippen molar-refractivity contribution in [2.75, 3.05) is 0 Å². The van der Waals surface area contributed by atoms with Gasteiger partial charge in [-0.2, -0.15) is 13.2 Å². The van der Waals surface area contributed by atoms with Gasteiger partial charge in [0.05, 0.1) is 5.56 Å². The summed E-state index contributed by atoms with van der Waals surface area (Å²) in [5, 5.41) is 9.51. The van der Waals surface area contributed by atoms with Crippen LogP contribution in [0.4, 0.5) is 13.2 Å². The molecule has 0 saturated carbocycles. The Hall–Kier alpha value is -2.50. The molecule has 0 radical (unpaired) electrons. The number of halogens is 3. The molecule has 0 aromatic heterocycles. The lowest BCUT2D eigenvalue weighted by Gasteiger charge is -2.16. The normalized spacial score (nSPS) is 17.0. The van der Waals surface area contributed by atoms with Gasteiger partial charge in [0.2, 0.25) is 0 Å². The van der Waals surface area contributed by atoms with Crippen LogP contribution in [0.1, 0.15) is 28.2 Å². The fraction of sp³-hybridized carbons (Fsp3) is 0.188. The summed E-state index contributed by atoms with van der Waals surface area (Å²) in [6, 6.07) is 9.64. The number of ether oxygens (including phenoxy) is 1. The van der Waals surface area contributed by atoms with Gasteiger partial charge in [0.1, 0.15) is 18.3 Å². The molecule has 6 heteroatoms. The van der Waals surface area contributed by atoms with E-state index in [9.17, 15) is 23.1 Å². The van der Waals surface area contributed by atoms with Crippen LogP contribution in [0.2, 0.25) is 0 Å². The molecule has 0 bridgehead atoms. The molecule has 22 heavy (non-hydrogen) atoms. The number of alkyl halides is 3. The Labute approximate surface area is 124 Å². The van der Waals surface area contributed by atoms with Crippen molar-refractivity contribution in [1.29, 1.82) is 0 Å². The molecule has 3 rings (SSSR count). The van der Waals surface area contributed by atoms with Crippen molar-refractivity contribution in [3.8, 4) is 5.75 Å². The SMILES string of the molecule is O=C(O)[C@H]1c2ccccc2COc2ccc(C(F)(F)F)cc21. The second kappa shape index (κ2) is 5.05. The predicted octanol–water partition coefficient (Wildman–Crippen LogP) is 3.81. The number of carboxylic acids is 1. The highest BCUT2D eigenvalue weighted by atomic mass is 19.4. The lowest BCUT2D eigenvalue weighted by molar-refractivity contribution is -0.139. The van der Waals surface area contributed by atoms with Gasteiger partial charge in [0.25, 0.3) is 0 Å². The molecular weight excluding hydrogens is 297 g/mol.